The van der Waals surface area contributed by atoms with Crippen molar-refractivity contribution < 1.29 is 14.3 Å². The maximum Gasteiger partial charge on any atom is 0.404 e. The summed E-state index contributed by atoms with van der Waals surface area (Å²) in [6, 6.07) is 14.8. The molecular formula is C23H23N5O3. The second kappa shape index (κ2) is 8.35. The number of ether oxygens (including phenoxy) is 1. The van der Waals surface area contributed by atoms with Crippen LogP contribution in [0.5, 0.6) is 0 Å². The number of hydrogen-bond acceptors (Lipinski definition) is 4. The third-order valence-electron chi connectivity index (χ3n) is 5.28. The number of H-pyrrole nitrogens is 2. The zero-order chi connectivity index (χ0) is 22.0. The summed E-state index contributed by atoms with van der Waals surface area (Å²) < 4.78 is 4.94. The van der Waals surface area contributed by atoms with Crippen molar-refractivity contribution >= 4 is 28.6 Å². The number of para-hydroxylation sites is 1. The summed E-state index contributed by atoms with van der Waals surface area (Å²) in [7, 11) is 0. The van der Waals surface area contributed by atoms with E-state index >= 15 is 0 Å². The fraction of sp³-hybridized carbons (Fsp3) is 0.174. The average Bonchev–Trinajstić information content (AvgIpc) is 3.32. The van der Waals surface area contributed by atoms with Crippen LogP contribution in [0, 0.1) is 13.8 Å². The molecule has 31 heavy (non-hydrogen) atoms. The third kappa shape index (κ3) is 4.00. The van der Waals surface area contributed by atoms with Crippen LogP contribution < -0.4 is 11.1 Å². The van der Waals surface area contributed by atoms with E-state index in [1.165, 1.54) is 0 Å². The van der Waals surface area contributed by atoms with Crippen LogP contribution in [0.2, 0.25) is 0 Å². The molecule has 0 radical (unpaired) electrons. The minimum atomic E-state index is -0.921. The van der Waals surface area contributed by atoms with Crippen LogP contribution in [0.3, 0.4) is 0 Å². The van der Waals surface area contributed by atoms with E-state index in [1.807, 2.05) is 68.6 Å². The molecule has 158 valence electrons. The second-order valence-corrected chi connectivity index (χ2v) is 7.32. The summed E-state index contributed by atoms with van der Waals surface area (Å²) in [5, 5.41) is 11.2. The molecule has 2 amide bonds. The van der Waals surface area contributed by atoms with Gasteiger partial charge in [-0.05, 0) is 25.5 Å². The lowest BCUT2D eigenvalue weighted by Crippen LogP contribution is -2.27. The van der Waals surface area contributed by atoms with Gasteiger partial charge in [0, 0.05) is 28.4 Å². The molecule has 0 fully saturated rings. The fourth-order valence-corrected chi connectivity index (χ4v) is 3.81. The number of nitrogens with two attached hydrogens (primary N) is 1. The number of aromatic amines is 2. The number of benzene rings is 2. The van der Waals surface area contributed by atoms with Gasteiger partial charge in [0.05, 0.1) is 22.8 Å². The van der Waals surface area contributed by atoms with Crippen LogP contribution in [0.1, 0.15) is 22.9 Å². The first-order valence-corrected chi connectivity index (χ1v) is 9.85. The quantitative estimate of drug-likeness (QED) is 0.378. The fourth-order valence-electron chi connectivity index (χ4n) is 3.81. The number of carbonyl (C=O) groups is 2. The van der Waals surface area contributed by atoms with Crippen molar-refractivity contribution in [3.8, 4) is 11.1 Å². The molecule has 2 aromatic carbocycles. The number of amides is 2. The Balaban J connectivity index is 1.67. The first kappa shape index (κ1) is 20.2. The van der Waals surface area contributed by atoms with E-state index in [1.54, 1.807) is 0 Å². The molecular weight excluding hydrogens is 394 g/mol. The van der Waals surface area contributed by atoms with E-state index < -0.39 is 12.0 Å². The largest absolute Gasteiger partial charge is 0.449 e. The third-order valence-corrected chi connectivity index (χ3v) is 5.28. The van der Waals surface area contributed by atoms with Crippen LogP contribution in [-0.4, -0.2) is 33.8 Å². The first-order chi connectivity index (χ1) is 15.0. The van der Waals surface area contributed by atoms with Gasteiger partial charge >= 0.3 is 6.09 Å². The van der Waals surface area contributed by atoms with E-state index in [4.69, 9.17) is 10.5 Å². The molecule has 0 unspecified atom stereocenters. The van der Waals surface area contributed by atoms with Gasteiger partial charge in [0.25, 0.3) is 0 Å². The number of anilines is 1. The van der Waals surface area contributed by atoms with Crippen LogP contribution >= 0.6 is 0 Å². The second-order valence-electron chi connectivity index (χ2n) is 7.32. The zero-order valence-electron chi connectivity index (χ0n) is 17.2. The zero-order valence-corrected chi connectivity index (χ0v) is 17.2. The van der Waals surface area contributed by atoms with Gasteiger partial charge in [-0.3, -0.25) is 9.89 Å². The number of primary amides is 1. The Kier molecular flexibility index (Phi) is 5.44. The van der Waals surface area contributed by atoms with Gasteiger partial charge in [-0.2, -0.15) is 5.10 Å². The lowest BCUT2D eigenvalue weighted by atomic mass is 9.98. The average molecular weight is 417 g/mol. The molecule has 0 aliphatic carbocycles. The summed E-state index contributed by atoms with van der Waals surface area (Å²) in [6.07, 6.45) is 0.992. The Morgan fingerprint density at radius 3 is 2.58 bits per heavy atom. The Hall–Kier alpha value is -4.07. The molecule has 0 bridgehead atoms. The smallest absolute Gasteiger partial charge is 0.404 e. The monoisotopic (exact) mass is 417 g/mol. The molecule has 4 rings (SSSR count). The molecule has 0 aliphatic rings. The van der Waals surface area contributed by atoms with E-state index in [-0.39, 0.29) is 12.5 Å². The van der Waals surface area contributed by atoms with E-state index in [0.717, 1.165) is 39.0 Å². The van der Waals surface area contributed by atoms with Gasteiger partial charge < -0.3 is 20.8 Å². The summed E-state index contributed by atoms with van der Waals surface area (Å²) in [5.41, 5.74) is 11.2. The normalized spacial score (nSPS) is 11.9. The van der Waals surface area contributed by atoms with Crippen molar-refractivity contribution in [1.82, 2.24) is 15.2 Å². The Morgan fingerprint density at radius 1 is 1.13 bits per heavy atom. The minimum absolute atomic E-state index is 0.148. The molecule has 5 N–H and O–H groups in total. The number of hydrogen-bond donors (Lipinski definition) is 4. The molecule has 0 saturated heterocycles. The van der Waals surface area contributed by atoms with Crippen molar-refractivity contribution in [1.29, 1.82) is 0 Å². The van der Waals surface area contributed by atoms with E-state index in [2.05, 4.69) is 20.5 Å². The molecule has 0 aliphatic heterocycles. The van der Waals surface area contributed by atoms with E-state index in [9.17, 15) is 9.59 Å². The number of nitrogens with zero attached hydrogens (tertiary/aromatic N) is 1. The van der Waals surface area contributed by atoms with Crippen molar-refractivity contribution in [2.24, 2.45) is 5.73 Å². The number of fused-ring (bicyclic) bond motifs is 1. The van der Waals surface area contributed by atoms with E-state index in [0.29, 0.717) is 5.69 Å². The van der Waals surface area contributed by atoms with Crippen LogP contribution in [0.4, 0.5) is 10.5 Å². The van der Waals surface area contributed by atoms with Gasteiger partial charge in [0.1, 0.15) is 6.61 Å². The highest BCUT2D eigenvalue weighted by Crippen LogP contribution is 2.35. The topological polar surface area (TPSA) is 126 Å². The summed E-state index contributed by atoms with van der Waals surface area (Å²) in [4.78, 5) is 27.5. The molecule has 8 nitrogen and oxygen atoms in total. The minimum Gasteiger partial charge on any atom is -0.449 e. The molecule has 0 spiro atoms. The Bertz CT molecular complexity index is 1220. The van der Waals surface area contributed by atoms with Gasteiger partial charge in [0.15, 0.2) is 0 Å². The summed E-state index contributed by atoms with van der Waals surface area (Å²) >= 11 is 0. The maximum atomic E-state index is 13.1. The van der Waals surface area contributed by atoms with Gasteiger partial charge in [-0.1, -0.05) is 42.5 Å². The highest BCUT2D eigenvalue weighted by molar-refractivity contribution is 6.07. The predicted molar refractivity (Wildman–Crippen MR) is 119 cm³/mol. The van der Waals surface area contributed by atoms with Crippen molar-refractivity contribution in [2.75, 3.05) is 11.9 Å². The number of rotatable bonds is 6. The highest BCUT2D eigenvalue weighted by Gasteiger charge is 2.23. The number of carbonyl (C=O) groups excluding carboxylic acids is 2. The summed E-state index contributed by atoms with van der Waals surface area (Å²) in [6.45, 7) is 3.78. The number of aromatic nitrogens is 3. The Morgan fingerprint density at radius 2 is 1.90 bits per heavy atom. The van der Waals surface area contributed by atoms with Crippen molar-refractivity contribution in [3.05, 3.63) is 71.7 Å². The molecule has 1 atom stereocenters. The highest BCUT2D eigenvalue weighted by atomic mass is 16.5. The van der Waals surface area contributed by atoms with Gasteiger partial charge in [-0.15, -0.1) is 0 Å². The number of nitrogens with one attached hydrogen (secondary N) is 3. The van der Waals surface area contributed by atoms with Gasteiger partial charge in [0.2, 0.25) is 5.91 Å². The standard InChI is InChI=1S/C23H23N5O3/c1-13-20(14(2)28-27-13)17-11-25-21-16(17)9-6-10-19(21)26-22(29)18(12-31-23(24)30)15-7-4-3-5-8-15/h3-11,18,25H,12H2,1-2H3,(H2,24,30)(H,26,29)(H,27,28)/t18-/m1/s1. The first-order valence-electron chi connectivity index (χ1n) is 9.85. The van der Waals surface area contributed by atoms with Crippen molar-refractivity contribution in [3.63, 3.8) is 0 Å². The molecule has 8 heteroatoms. The maximum absolute atomic E-state index is 13.1. The molecule has 0 saturated carbocycles. The van der Waals surface area contributed by atoms with Crippen LogP contribution in [0.25, 0.3) is 22.0 Å². The predicted octanol–water partition coefficient (Wildman–Crippen LogP) is 3.99. The van der Waals surface area contributed by atoms with Crippen LogP contribution in [-0.2, 0) is 9.53 Å². The molecule has 4 aromatic rings. The van der Waals surface area contributed by atoms with Crippen LogP contribution in [0.15, 0.2) is 54.7 Å². The lowest BCUT2D eigenvalue weighted by molar-refractivity contribution is -0.118. The SMILES string of the molecule is Cc1n[nH]c(C)c1-c1c[nH]c2c(NC(=O)[C@H](COC(N)=O)c3ccccc3)cccc12. The van der Waals surface area contributed by atoms with Crippen molar-refractivity contribution in [2.45, 2.75) is 19.8 Å². The lowest BCUT2D eigenvalue weighted by Gasteiger charge is -2.17. The summed E-state index contributed by atoms with van der Waals surface area (Å²) in [5.74, 6) is -0.997. The molecule has 2 heterocycles. The Labute approximate surface area is 178 Å². The molecule has 2 aromatic heterocycles. The van der Waals surface area contributed by atoms with Gasteiger partial charge in [-0.25, -0.2) is 4.79 Å². The number of aryl methyl sites for hydroxylation is 2.